The fourth-order valence-corrected chi connectivity index (χ4v) is 5.03. The molecular formula is C28H29F3N4O3. The van der Waals surface area contributed by atoms with E-state index >= 15 is 0 Å². The SMILES string of the molecule is CC1CCCN(C(C)(C)C(O)c2ccc(-c3noc(-c4onc(-c5ccccc5)c4C(F)(F)F)n3)cc2)C1. The smallest absolute Gasteiger partial charge is 0.386 e. The van der Waals surface area contributed by atoms with Crippen molar-refractivity contribution in [3.05, 3.63) is 65.7 Å². The van der Waals surface area contributed by atoms with Gasteiger partial charge in [0.25, 0.3) is 5.89 Å². The van der Waals surface area contributed by atoms with Gasteiger partial charge in [-0.25, -0.2) is 0 Å². The molecule has 38 heavy (non-hydrogen) atoms. The highest BCUT2D eigenvalue weighted by Crippen LogP contribution is 2.43. The Hall–Kier alpha value is -3.50. The number of rotatable bonds is 6. The Labute approximate surface area is 218 Å². The van der Waals surface area contributed by atoms with Gasteiger partial charge >= 0.3 is 6.18 Å². The van der Waals surface area contributed by atoms with Crippen LogP contribution in [0.25, 0.3) is 34.3 Å². The van der Waals surface area contributed by atoms with Crippen molar-refractivity contribution in [1.82, 2.24) is 20.2 Å². The fourth-order valence-electron chi connectivity index (χ4n) is 5.03. The Kier molecular flexibility index (Phi) is 6.87. The van der Waals surface area contributed by atoms with Crippen molar-refractivity contribution in [3.8, 4) is 34.3 Å². The Morgan fingerprint density at radius 2 is 1.68 bits per heavy atom. The van der Waals surface area contributed by atoms with E-state index in [1.165, 1.54) is 18.6 Å². The van der Waals surface area contributed by atoms with Gasteiger partial charge in [0, 0.05) is 23.2 Å². The summed E-state index contributed by atoms with van der Waals surface area (Å²) in [5.41, 5.74) is -0.389. The first-order valence-corrected chi connectivity index (χ1v) is 12.6. The van der Waals surface area contributed by atoms with Crippen LogP contribution in [0.15, 0.2) is 63.6 Å². The van der Waals surface area contributed by atoms with Crippen LogP contribution in [0.3, 0.4) is 0 Å². The summed E-state index contributed by atoms with van der Waals surface area (Å²) in [5, 5.41) is 18.7. The van der Waals surface area contributed by atoms with Crippen LogP contribution in [-0.4, -0.2) is 43.9 Å². The number of likely N-dealkylation sites (tertiary alicyclic amines) is 1. The molecule has 2 aromatic heterocycles. The molecule has 4 aromatic rings. The first kappa shape index (κ1) is 26.1. The summed E-state index contributed by atoms with van der Waals surface area (Å²) in [6, 6.07) is 14.9. The van der Waals surface area contributed by atoms with Gasteiger partial charge in [-0.1, -0.05) is 71.8 Å². The number of hydrogen-bond acceptors (Lipinski definition) is 7. The van der Waals surface area contributed by atoms with Gasteiger partial charge in [0.1, 0.15) is 11.3 Å². The number of piperidine rings is 1. The highest BCUT2D eigenvalue weighted by Gasteiger charge is 2.43. The molecule has 0 spiro atoms. The Morgan fingerprint density at radius 3 is 2.34 bits per heavy atom. The molecule has 1 fully saturated rings. The Balaban J connectivity index is 1.40. The van der Waals surface area contributed by atoms with E-state index in [-0.39, 0.29) is 17.1 Å². The van der Waals surface area contributed by atoms with E-state index in [1.807, 2.05) is 13.8 Å². The predicted molar refractivity (Wildman–Crippen MR) is 135 cm³/mol. The van der Waals surface area contributed by atoms with Crippen LogP contribution in [0.5, 0.6) is 0 Å². The van der Waals surface area contributed by atoms with Gasteiger partial charge in [0.2, 0.25) is 11.6 Å². The van der Waals surface area contributed by atoms with Gasteiger partial charge in [-0.15, -0.1) is 0 Å². The van der Waals surface area contributed by atoms with Crippen molar-refractivity contribution in [2.24, 2.45) is 5.92 Å². The maximum Gasteiger partial charge on any atom is 0.422 e. The van der Waals surface area contributed by atoms with Crippen molar-refractivity contribution >= 4 is 0 Å². The quantitative estimate of drug-likeness (QED) is 0.302. The van der Waals surface area contributed by atoms with E-state index in [0.29, 0.717) is 11.5 Å². The molecule has 2 unspecified atom stereocenters. The Morgan fingerprint density at radius 1 is 0.974 bits per heavy atom. The number of aliphatic hydroxyl groups excluding tert-OH is 1. The molecule has 1 saturated heterocycles. The van der Waals surface area contributed by atoms with Crippen LogP contribution in [0.2, 0.25) is 0 Å². The summed E-state index contributed by atoms with van der Waals surface area (Å²) in [4.78, 5) is 6.48. The molecule has 10 heteroatoms. The van der Waals surface area contributed by atoms with Gasteiger partial charge < -0.3 is 14.2 Å². The van der Waals surface area contributed by atoms with Crippen LogP contribution in [0, 0.1) is 5.92 Å². The average Bonchev–Trinajstić information content (AvgIpc) is 3.57. The van der Waals surface area contributed by atoms with Crippen molar-refractivity contribution < 1.29 is 27.3 Å². The van der Waals surface area contributed by atoms with E-state index in [1.54, 1.807) is 42.5 Å². The lowest BCUT2D eigenvalue weighted by atomic mass is 9.86. The number of hydrogen-bond donors (Lipinski definition) is 1. The predicted octanol–water partition coefficient (Wildman–Crippen LogP) is 6.62. The van der Waals surface area contributed by atoms with Gasteiger partial charge in [-0.3, -0.25) is 4.90 Å². The first-order valence-electron chi connectivity index (χ1n) is 12.6. The maximum atomic E-state index is 14.0. The second kappa shape index (κ2) is 9.99. The van der Waals surface area contributed by atoms with E-state index < -0.39 is 35.0 Å². The summed E-state index contributed by atoms with van der Waals surface area (Å²) in [6.45, 7) is 8.16. The monoisotopic (exact) mass is 526 g/mol. The molecule has 200 valence electrons. The standard InChI is InChI=1S/C28H29F3N4O3/c1-17-8-7-15-35(16-17)27(2,3)24(36)19-11-13-20(14-12-19)25-32-26(38-34-25)23-21(28(29,30)31)22(33-37-23)18-9-5-4-6-10-18/h4-6,9-14,17,24,36H,7-8,15-16H2,1-3H3. The molecule has 0 aliphatic carbocycles. The third-order valence-corrected chi connectivity index (χ3v) is 7.27. The summed E-state index contributed by atoms with van der Waals surface area (Å²) >= 11 is 0. The topological polar surface area (TPSA) is 88.4 Å². The molecule has 5 rings (SSSR count). The minimum Gasteiger partial charge on any atom is -0.386 e. The number of benzene rings is 2. The van der Waals surface area contributed by atoms with Crippen LogP contribution < -0.4 is 0 Å². The number of aromatic nitrogens is 3. The van der Waals surface area contributed by atoms with Crippen LogP contribution >= 0.6 is 0 Å². The summed E-state index contributed by atoms with van der Waals surface area (Å²) in [6.07, 6.45) is -3.20. The largest absolute Gasteiger partial charge is 0.422 e. The summed E-state index contributed by atoms with van der Waals surface area (Å²) in [7, 11) is 0. The normalized spacial score (nSPS) is 18.0. The number of nitrogens with zero attached hydrogens (tertiary/aromatic N) is 4. The molecule has 0 amide bonds. The summed E-state index contributed by atoms with van der Waals surface area (Å²) in [5.74, 6) is -0.391. The van der Waals surface area contributed by atoms with Gasteiger partial charge in [0.15, 0.2) is 0 Å². The van der Waals surface area contributed by atoms with Gasteiger partial charge in [-0.05, 0) is 44.7 Å². The molecule has 0 radical (unpaired) electrons. The van der Waals surface area contributed by atoms with Crippen molar-refractivity contribution in [2.75, 3.05) is 13.1 Å². The lowest BCUT2D eigenvalue weighted by molar-refractivity contribution is -0.136. The van der Waals surface area contributed by atoms with Crippen molar-refractivity contribution in [3.63, 3.8) is 0 Å². The zero-order valence-corrected chi connectivity index (χ0v) is 21.4. The summed E-state index contributed by atoms with van der Waals surface area (Å²) < 4.78 is 52.2. The molecule has 3 heterocycles. The molecule has 0 saturated carbocycles. The van der Waals surface area contributed by atoms with Crippen molar-refractivity contribution in [1.29, 1.82) is 0 Å². The highest BCUT2D eigenvalue weighted by molar-refractivity contribution is 5.71. The molecule has 2 atom stereocenters. The van der Waals surface area contributed by atoms with Crippen LogP contribution in [0.1, 0.15) is 50.8 Å². The molecule has 7 nitrogen and oxygen atoms in total. The second-order valence-corrected chi connectivity index (χ2v) is 10.4. The Bertz CT molecular complexity index is 1380. The minimum atomic E-state index is -4.76. The number of aliphatic hydroxyl groups is 1. The van der Waals surface area contributed by atoms with Gasteiger partial charge in [-0.2, -0.15) is 18.2 Å². The van der Waals surface area contributed by atoms with E-state index in [9.17, 15) is 18.3 Å². The molecule has 1 aliphatic rings. The molecule has 1 N–H and O–H groups in total. The lowest BCUT2D eigenvalue weighted by Gasteiger charge is -2.45. The van der Waals surface area contributed by atoms with Crippen LogP contribution in [-0.2, 0) is 6.18 Å². The van der Waals surface area contributed by atoms with E-state index in [2.05, 4.69) is 27.1 Å². The maximum absolute atomic E-state index is 14.0. The highest BCUT2D eigenvalue weighted by atomic mass is 19.4. The van der Waals surface area contributed by atoms with E-state index in [4.69, 9.17) is 9.05 Å². The van der Waals surface area contributed by atoms with Gasteiger partial charge in [0.05, 0.1) is 6.10 Å². The van der Waals surface area contributed by atoms with E-state index in [0.717, 1.165) is 25.1 Å². The van der Waals surface area contributed by atoms with Crippen molar-refractivity contribution in [2.45, 2.75) is 51.4 Å². The van der Waals surface area contributed by atoms with Crippen LogP contribution in [0.4, 0.5) is 13.2 Å². The number of alkyl halides is 3. The fraction of sp³-hybridized carbons (Fsp3) is 0.393. The molecule has 1 aliphatic heterocycles. The third kappa shape index (κ3) is 4.98. The lowest BCUT2D eigenvalue weighted by Crippen LogP contribution is -2.52. The first-order chi connectivity index (χ1) is 18.1. The molecule has 0 bridgehead atoms. The molecular weight excluding hydrogens is 497 g/mol. The second-order valence-electron chi connectivity index (χ2n) is 10.4. The molecule has 2 aromatic carbocycles. The zero-order valence-electron chi connectivity index (χ0n) is 21.4. The average molecular weight is 527 g/mol. The minimum absolute atomic E-state index is 0.0935. The third-order valence-electron chi connectivity index (χ3n) is 7.27. The number of halogens is 3. The zero-order chi connectivity index (χ0) is 27.1.